The predicted octanol–water partition coefficient (Wildman–Crippen LogP) is 2.53. The van der Waals surface area contributed by atoms with Crippen LogP contribution < -0.4 is 5.32 Å². The largest absolute Gasteiger partial charge is 0.395 e. The smallest absolute Gasteiger partial charge is 0.237 e. The molecule has 1 aromatic carbocycles. The molecule has 1 amide bonds. The summed E-state index contributed by atoms with van der Waals surface area (Å²) in [7, 11) is 0. The number of hydrogen-bond donors (Lipinski definition) is 2. The summed E-state index contributed by atoms with van der Waals surface area (Å²) >= 11 is 1.60. The van der Waals surface area contributed by atoms with E-state index in [-0.39, 0.29) is 23.2 Å². The highest BCUT2D eigenvalue weighted by atomic mass is 32.2. The number of anilines is 1. The molecule has 2 N–H and O–H groups in total. The van der Waals surface area contributed by atoms with Gasteiger partial charge in [-0.1, -0.05) is 12.5 Å². The van der Waals surface area contributed by atoms with Gasteiger partial charge in [0.05, 0.1) is 17.5 Å². The zero-order chi connectivity index (χ0) is 12.8. The van der Waals surface area contributed by atoms with Gasteiger partial charge in [-0.3, -0.25) is 4.79 Å². The molecule has 1 aromatic rings. The van der Waals surface area contributed by atoms with Crippen LogP contribution in [0.3, 0.4) is 0 Å². The van der Waals surface area contributed by atoms with Crippen LogP contribution in [-0.2, 0) is 10.2 Å². The molecule has 4 heteroatoms. The molecule has 1 aliphatic heterocycles. The van der Waals surface area contributed by atoms with E-state index in [9.17, 15) is 9.90 Å². The van der Waals surface area contributed by atoms with Crippen LogP contribution >= 0.6 is 11.8 Å². The Morgan fingerprint density at radius 3 is 2.89 bits per heavy atom. The Morgan fingerprint density at radius 2 is 2.28 bits per heavy atom. The Labute approximate surface area is 111 Å². The number of hydrogen-bond acceptors (Lipinski definition) is 3. The number of rotatable bonds is 2. The van der Waals surface area contributed by atoms with Gasteiger partial charge in [0.2, 0.25) is 5.91 Å². The molecule has 1 heterocycles. The zero-order valence-corrected chi connectivity index (χ0v) is 11.2. The van der Waals surface area contributed by atoms with E-state index in [1.54, 1.807) is 11.8 Å². The molecule has 1 aliphatic carbocycles. The number of benzene rings is 1. The van der Waals surface area contributed by atoms with Crippen molar-refractivity contribution >= 4 is 23.4 Å². The molecule has 3 rings (SSSR count). The van der Waals surface area contributed by atoms with Gasteiger partial charge in [-0.25, -0.2) is 0 Å². The third kappa shape index (κ3) is 1.75. The number of amides is 1. The van der Waals surface area contributed by atoms with E-state index in [0.717, 1.165) is 23.4 Å². The first-order chi connectivity index (χ1) is 8.64. The second-order valence-electron chi connectivity index (χ2n) is 5.25. The van der Waals surface area contributed by atoms with Gasteiger partial charge in [0.15, 0.2) is 0 Å². The molecule has 96 valence electrons. The normalized spacial score (nSPS) is 25.0. The van der Waals surface area contributed by atoms with Crippen LogP contribution in [0.4, 0.5) is 5.69 Å². The lowest BCUT2D eigenvalue weighted by molar-refractivity contribution is -0.115. The van der Waals surface area contributed by atoms with E-state index in [0.29, 0.717) is 0 Å². The fourth-order valence-electron chi connectivity index (χ4n) is 2.67. The van der Waals surface area contributed by atoms with Crippen LogP contribution in [0.5, 0.6) is 0 Å². The summed E-state index contributed by atoms with van der Waals surface area (Å²) in [5, 5.41) is 12.5. The summed E-state index contributed by atoms with van der Waals surface area (Å²) in [5.74, 6) is 0.0702. The average molecular weight is 263 g/mol. The SMILES string of the molecule is CC1Sc2cc(C3(CO)CCC3)ccc2NC1=O. The van der Waals surface area contributed by atoms with E-state index in [1.807, 2.05) is 19.1 Å². The maximum absolute atomic E-state index is 11.6. The van der Waals surface area contributed by atoms with Crippen LogP contribution in [0.2, 0.25) is 0 Å². The Hall–Kier alpha value is -1.00. The molecule has 1 saturated carbocycles. The zero-order valence-electron chi connectivity index (χ0n) is 10.4. The van der Waals surface area contributed by atoms with Crippen LogP contribution in [0.1, 0.15) is 31.7 Å². The number of aliphatic hydroxyl groups excluding tert-OH is 1. The lowest BCUT2D eigenvalue weighted by Crippen LogP contribution is -2.38. The topological polar surface area (TPSA) is 49.3 Å². The predicted molar refractivity (Wildman–Crippen MR) is 73.0 cm³/mol. The quantitative estimate of drug-likeness (QED) is 0.862. The summed E-state index contributed by atoms with van der Waals surface area (Å²) in [5.41, 5.74) is 2.09. The van der Waals surface area contributed by atoms with Gasteiger partial charge >= 0.3 is 0 Å². The number of fused-ring (bicyclic) bond motifs is 1. The van der Waals surface area contributed by atoms with Crippen molar-refractivity contribution in [3.63, 3.8) is 0 Å². The van der Waals surface area contributed by atoms with Gasteiger partial charge in [0, 0.05) is 10.3 Å². The van der Waals surface area contributed by atoms with Crippen molar-refractivity contribution < 1.29 is 9.90 Å². The summed E-state index contributed by atoms with van der Waals surface area (Å²) in [6, 6.07) is 6.16. The molecule has 1 unspecified atom stereocenters. The van der Waals surface area contributed by atoms with Gasteiger partial charge in [-0.15, -0.1) is 11.8 Å². The standard InChI is InChI=1S/C14H17NO2S/c1-9-13(17)15-11-4-3-10(7-12(11)18-9)14(8-16)5-2-6-14/h3-4,7,9,16H,2,5-6,8H2,1H3,(H,15,17). The maximum atomic E-state index is 11.6. The second-order valence-corrected chi connectivity index (χ2v) is 6.63. The molecule has 0 aromatic heterocycles. The van der Waals surface area contributed by atoms with Crippen molar-refractivity contribution in [2.45, 2.75) is 41.7 Å². The molecule has 18 heavy (non-hydrogen) atoms. The lowest BCUT2D eigenvalue weighted by atomic mass is 9.65. The minimum Gasteiger partial charge on any atom is -0.395 e. The third-order valence-corrected chi connectivity index (χ3v) is 5.30. The second kappa shape index (κ2) is 4.28. The van der Waals surface area contributed by atoms with E-state index in [1.165, 1.54) is 12.0 Å². The van der Waals surface area contributed by atoms with Crippen LogP contribution in [0, 0.1) is 0 Å². The fourth-order valence-corrected chi connectivity index (χ4v) is 3.66. The van der Waals surface area contributed by atoms with Crippen molar-refractivity contribution in [3.05, 3.63) is 23.8 Å². The Balaban J connectivity index is 1.96. The van der Waals surface area contributed by atoms with E-state index >= 15 is 0 Å². The molecule has 0 radical (unpaired) electrons. The Morgan fingerprint density at radius 1 is 1.50 bits per heavy atom. The van der Waals surface area contributed by atoms with Gasteiger partial charge in [0.25, 0.3) is 0 Å². The molecular formula is C14H17NO2S. The molecular weight excluding hydrogens is 246 g/mol. The van der Waals surface area contributed by atoms with Crippen LogP contribution in [0.15, 0.2) is 23.1 Å². The fraction of sp³-hybridized carbons (Fsp3) is 0.500. The number of carbonyl (C=O) groups is 1. The third-order valence-electron chi connectivity index (χ3n) is 4.14. The first-order valence-corrected chi connectivity index (χ1v) is 7.25. The lowest BCUT2D eigenvalue weighted by Gasteiger charge is -2.41. The summed E-state index contributed by atoms with van der Waals surface area (Å²) in [4.78, 5) is 12.7. The number of carbonyl (C=O) groups excluding carboxylic acids is 1. The Bertz CT molecular complexity index is 491. The molecule has 1 fully saturated rings. The highest BCUT2D eigenvalue weighted by molar-refractivity contribution is 8.00. The van der Waals surface area contributed by atoms with E-state index in [2.05, 4.69) is 11.4 Å². The van der Waals surface area contributed by atoms with Crippen molar-refractivity contribution in [2.24, 2.45) is 0 Å². The highest BCUT2D eigenvalue weighted by Crippen LogP contribution is 2.46. The van der Waals surface area contributed by atoms with Crippen LogP contribution in [0.25, 0.3) is 0 Å². The van der Waals surface area contributed by atoms with Crippen molar-refractivity contribution in [2.75, 3.05) is 11.9 Å². The Kier molecular flexibility index (Phi) is 2.87. The molecule has 3 nitrogen and oxygen atoms in total. The molecule has 1 atom stereocenters. The van der Waals surface area contributed by atoms with Crippen molar-refractivity contribution in [1.29, 1.82) is 0 Å². The molecule has 2 aliphatic rings. The summed E-state index contributed by atoms with van der Waals surface area (Å²) < 4.78 is 0. The average Bonchev–Trinajstić information content (AvgIpc) is 2.30. The summed E-state index contributed by atoms with van der Waals surface area (Å²) in [6.45, 7) is 2.14. The monoisotopic (exact) mass is 263 g/mol. The minimum absolute atomic E-state index is 0.0275. The van der Waals surface area contributed by atoms with Gasteiger partial charge in [0.1, 0.15) is 0 Å². The summed E-state index contributed by atoms with van der Waals surface area (Å²) in [6.07, 6.45) is 3.32. The maximum Gasteiger partial charge on any atom is 0.237 e. The highest BCUT2D eigenvalue weighted by Gasteiger charge is 2.38. The van der Waals surface area contributed by atoms with Crippen LogP contribution in [-0.4, -0.2) is 22.9 Å². The van der Waals surface area contributed by atoms with Crippen molar-refractivity contribution in [1.82, 2.24) is 0 Å². The number of aliphatic hydroxyl groups is 1. The number of thioether (sulfide) groups is 1. The molecule has 0 spiro atoms. The van der Waals surface area contributed by atoms with E-state index < -0.39 is 0 Å². The van der Waals surface area contributed by atoms with E-state index in [4.69, 9.17) is 0 Å². The van der Waals surface area contributed by atoms with Gasteiger partial charge in [-0.05, 0) is 37.5 Å². The first kappa shape index (κ1) is 12.1. The van der Waals surface area contributed by atoms with Gasteiger partial charge < -0.3 is 10.4 Å². The minimum atomic E-state index is -0.0424. The van der Waals surface area contributed by atoms with Crippen molar-refractivity contribution in [3.8, 4) is 0 Å². The molecule has 0 bridgehead atoms. The first-order valence-electron chi connectivity index (χ1n) is 6.37. The number of nitrogens with one attached hydrogen (secondary N) is 1. The molecule has 0 saturated heterocycles. The van der Waals surface area contributed by atoms with Gasteiger partial charge in [-0.2, -0.15) is 0 Å².